The van der Waals surface area contributed by atoms with Crippen molar-refractivity contribution in [3.05, 3.63) is 74.6 Å². The van der Waals surface area contributed by atoms with Crippen LogP contribution in [-0.4, -0.2) is 17.2 Å². The van der Waals surface area contributed by atoms with Crippen LogP contribution in [-0.2, 0) is 12.8 Å². The molecule has 2 aromatic carbocycles. The average molecular weight is 511 g/mol. The lowest BCUT2D eigenvalue weighted by molar-refractivity contribution is 0.102. The molecule has 0 spiro atoms. The van der Waals surface area contributed by atoms with Gasteiger partial charge in [0.15, 0.2) is 0 Å². The number of hydrogen-bond donors (Lipinski definition) is 2. The number of nitrogens with one attached hydrogen (secondary N) is 1. The number of benzene rings is 2. The van der Waals surface area contributed by atoms with Crippen molar-refractivity contribution in [3.63, 3.8) is 0 Å². The summed E-state index contributed by atoms with van der Waals surface area (Å²) in [6, 6.07) is 14.5. The van der Waals surface area contributed by atoms with Gasteiger partial charge in [-0.15, -0.1) is 11.3 Å². The lowest BCUT2D eigenvalue weighted by Gasteiger charge is -2.33. The third-order valence-corrected chi connectivity index (χ3v) is 7.72. The number of phenols is 1. The van der Waals surface area contributed by atoms with Crippen LogP contribution >= 0.6 is 27.3 Å². The highest BCUT2D eigenvalue weighted by Crippen LogP contribution is 2.45. The zero-order valence-electron chi connectivity index (χ0n) is 18.5. The van der Waals surface area contributed by atoms with E-state index >= 15 is 0 Å². The number of aromatic hydroxyl groups is 1. The number of hydrogen-bond acceptors (Lipinski definition) is 4. The Hall–Kier alpha value is -2.44. The number of amides is 1. The summed E-state index contributed by atoms with van der Waals surface area (Å²) in [6.45, 7) is 6.88. The summed E-state index contributed by atoms with van der Waals surface area (Å²) in [5.41, 5.74) is 3.70. The zero-order chi connectivity index (χ0) is 22.9. The molecular weight excluding hydrogens is 484 g/mol. The molecule has 1 unspecified atom stereocenters. The van der Waals surface area contributed by atoms with E-state index in [-0.39, 0.29) is 17.1 Å². The topological polar surface area (TPSA) is 61.7 Å². The maximum Gasteiger partial charge on any atom is 0.259 e. The molecule has 4 rings (SSSR count). The lowest BCUT2D eigenvalue weighted by Crippen LogP contribution is -2.27. The highest BCUT2D eigenvalue weighted by molar-refractivity contribution is 9.10. The largest absolute Gasteiger partial charge is 0.508 e. The van der Waals surface area contributed by atoms with Crippen molar-refractivity contribution in [2.24, 2.45) is 16.3 Å². The normalized spacial score (nSPS) is 16.2. The summed E-state index contributed by atoms with van der Waals surface area (Å²) in [7, 11) is 0. The van der Waals surface area contributed by atoms with Crippen LogP contribution in [0.25, 0.3) is 0 Å². The van der Waals surface area contributed by atoms with E-state index < -0.39 is 0 Å². The van der Waals surface area contributed by atoms with Crippen LogP contribution in [0.4, 0.5) is 10.7 Å². The standard InChI is InChI=1S/C26H27BrN2O2S/c1-26(2,3)17-6-13-21-22(14-17)32-25(28-15-16-4-11-20(30)12-5-16)23(21)24(31)29-19-9-7-18(27)8-10-19/h4-5,7-12,15,17,30H,6,13-14H2,1-3H3,(H,29,31)/b28-15+. The second-order valence-corrected chi connectivity index (χ2v) is 11.3. The Balaban J connectivity index is 1.69. The summed E-state index contributed by atoms with van der Waals surface area (Å²) >= 11 is 5.06. The van der Waals surface area contributed by atoms with Crippen LogP contribution in [0.3, 0.4) is 0 Å². The number of halogens is 1. The number of nitrogens with zero attached hydrogens (tertiary/aromatic N) is 1. The predicted molar refractivity (Wildman–Crippen MR) is 137 cm³/mol. The lowest BCUT2D eigenvalue weighted by atomic mass is 9.72. The first-order valence-corrected chi connectivity index (χ1v) is 12.4. The molecule has 0 radical (unpaired) electrons. The molecule has 166 valence electrons. The van der Waals surface area contributed by atoms with Crippen molar-refractivity contribution in [2.75, 3.05) is 5.32 Å². The second kappa shape index (κ2) is 9.20. The smallest absolute Gasteiger partial charge is 0.259 e. The molecule has 0 fully saturated rings. The van der Waals surface area contributed by atoms with Gasteiger partial charge >= 0.3 is 0 Å². The van der Waals surface area contributed by atoms with E-state index in [4.69, 9.17) is 4.99 Å². The Labute approximate surface area is 201 Å². The van der Waals surface area contributed by atoms with Crippen molar-refractivity contribution in [1.82, 2.24) is 0 Å². The Kier molecular flexibility index (Phi) is 6.54. The number of aliphatic imine (C=N–C) groups is 1. The molecule has 1 amide bonds. The molecule has 0 saturated carbocycles. The average Bonchev–Trinajstić information content (AvgIpc) is 3.12. The van der Waals surface area contributed by atoms with Gasteiger partial charge in [-0.25, -0.2) is 4.99 Å². The first-order valence-electron chi connectivity index (χ1n) is 10.8. The fourth-order valence-electron chi connectivity index (χ4n) is 4.06. The van der Waals surface area contributed by atoms with Gasteiger partial charge in [0.05, 0.1) is 5.56 Å². The number of fused-ring (bicyclic) bond motifs is 1. The van der Waals surface area contributed by atoms with Crippen LogP contribution < -0.4 is 5.32 Å². The third kappa shape index (κ3) is 5.13. The highest BCUT2D eigenvalue weighted by Gasteiger charge is 2.33. The maximum atomic E-state index is 13.4. The fraction of sp³-hybridized carbons (Fsp3) is 0.308. The Morgan fingerprint density at radius 2 is 1.84 bits per heavy atom. The molecule has 1 aromatic heterocycles. The van der Waals surface area contributed by atoms with E-state index in [9.17, 15) is 9.90 Å². The molecular formula is C26H27BrN2O2S. The predicted octanol–water partition coefficient (Wildman–Crippen LogP) is 7.37. The number of thiophene rings is 1. The summed E-state index contributed by atoms with van der Waals surface area (Å²) in [5.74, 6) is 0.693. The number of anilines is 1. The van der Waals surface area contributed by atoms with Gasteiger partial charge in [-0.2, -0.15) is 0 Å². The van der Waals surface area contributed by atoms with Gasteiger partial charge in [-0.3, -0.25) is 4.79 Å². The molecule has 3 aromatic rings. The zero-order valence-corrected chi connectivity index (χ0v) is 20.9. The molecule has 1 atom stereocenters. The van der Waals surface area contributed by atoms with E-state index in [0.29, 0.717) is 11.5 Å². The first kappa shape index (κ1) is 22.7. The van der Waals surface area contributed by atoms with E-state index in [2.05, 4.69) is 42.0 Å². The minimum absolute atomic E-state index is 0.114. The molecule has 1 heterocycles. The molecule has 6 heteroatoms. The van der Waals surface area contributed by atoms with Crippen LogP contribution in [0.1, 0.15) is 53.6 Å². The van der Waals surface area contributed by atoms with Crippen LogP contribution in [0, 0.1) is 11.3 Å². The third-order valence-electron chi connectivity index (χ3n) is 6.02. The molecule has 1 aliphatic rings. The van der Waals surface area contributed by atoms with Crippen molar-refractivity contribution in [3.8, 4) is 5.75 Å². The summed E-state index contributed by atoms with van der Waals surface area (Å²) in [5, 5.41) is 13.3. The summed E-state index contributed by atoms with van der Waals surface area (Å²) < 4.78 is 0.968. The fourth-order valence-corrected chi connectivity index (χ4v) is 5.59. The maximum absolute atomic E-state index is 13.4. The van der Waals surface area contributed by atoms with Gasteiger partial charge in [0.1, 0.15) is 10.8 Å². The van der Waals surface area contributed by atoms with Gasteiger partial charge < -0.3 is 10.4 Å². The van der Waals surface area contributed by atoms with E-state index in [0.717, 1.165) is 45.6 Å². The van der Waals surface area contributed by atoms with Crippen LogP contribution in [0.15, 0.2) is 58.0 Å². The number of carbonyl (C=O) groups is 1. The van der Waals surface area contributed by atoms with Crippen molar-refractivity contribution in [2.45, 2.75) is 40.0 Å². The SMILES string of the molecule is CC(C)(C)C1CCc2c(sc(/N=C/c3ccc(O)cc3)c2C(=O)Nc2ccc(Br)cc2)C1. The molecule has 0 bridgehead atoms. The van der Waals surface area contributed by atoms with Crippen LogP contribution in [0.5, 0.6) is 5.75 Å². The number of phenolic OH excluding ortho intramolecular Hbond substituents is 1. The quantitative estimate of drug-likeness (QED) is 0.359. The molecule has 0 aliphatic heterocycles. The second-order valence-electron chi connectivity index (χ2n) is 9.30. The van der Waals surface area contributed by atoms with E-state index in [1.807, 2.05) is 36.4 Å². The minimum atomic E-state index is -0.114. The minimum Gasteiger partial charge on any atom is -0.508 e. The van der Waals surface area contributed by atoms with Gasteiger partial charge in [-0.05, 0) is 90.3 Å². The van der Waals surface area contributed by atoms with Gasteiger partial charge in [0, 0.05) is 21.3 Å². The first-order chi connectivity index (χ1) is 15.2. The number of rotatable bonds is 4. The van der Waals surface area contributed by atoms with Crippen molar-refractivity contribution >= 4 is 50.1 Å². The highest BCUT2D eigenvalue weighted by atomic mass is 79.9. The molecule has 2 N–H and O–H groups in total. The van der Waals surface area contributed by atoms with Crippen LogP contribution in [0.2, 0.25) is 0 Å². The van der Waals surface area contributed by atoms with Crippen molar-refractivity contribution in [1.29, 1.82) is 0 Å². The van der Waals surface area contributed by atoms with Gasteiger partial charge in [0.2, 0.25) is 0 Å². The van der Waals surface area contributed by atoms with Gasteiger partial charge in [-0.1, -0.05) is 36.7 Å². The molecule has 32 heavy (non-hydrogen) atoms. The molecule has 0 saturated heterocycles. The molecule has 4 nitrogen and oxygen atoms in total. The number of carbonyl (C=O) groups excluding carboxylic acids is 1. The Morgan fingerprint density at radius 3 is 2.50 bits per heavy atom. The van der Waals surface area contributed by atoms with Crippen molar-refractivity contribution < 1.29 is 9.90 Å². The Bertz CT molecular complexity index is 1140. The summed E-state index contributed by atoms with van der Waals surface area (Å²) in [4.78, 5) is 19.4. The Morgan fingerprint density at radius 1 is 1.16 bits per heavy atom. The van der Waals surface area contributed by atoms with E-state index in [1.54, 1.807) is 29.7 Å². The monoisotopic (exact) mass is 510 g/mol. The van der Waals surface area contributed by atoms with Gasteiger partial charge in [0.25, 0.3) is 5.91 Å². The van der Waals surface area contributed by atoms with E-state index in [1.165, 1.54) is 4.88 Å². The molecule has 1 aliphatic carbocycles. The summed E-state index contributed by atoms with van der Waals surface area (Å²) in [6.07, 6.45) is 4.71.